The van der Waals surface area contributed by atoms with Gasteiger partial charge in [-0.25, -0.2) is 0 Å². The maximum absolute atomic E-state index is 12.3. The first kappa shape index (κ1) is 18.0. The number of hydrogen-bond donors (Lipinski definition) is 1. The summed E-state index contributed by atoms with van der Waals surface area (Å²) in [6.45, 7) is 5.05. The molecular formula is C21H25N3O2. The maximum Gasteiger partial charge on any atom is 0.242 e. The van der Waals surface area contributed by atoms with E-state index in [9.17, 15) is 9.59 Å². The molecule has 5 nitrogen and oxygen atoms in total. The number of nitrogens with zero attached hydrogens (tertiary/aromatic N) is 2. The van der Waals surface area contributed by atoms with Crippen molar-refractivity contribution in [2.45, 2.75) is 13.3 Å². The van der Waals surface area contributed by atoms with Gasteiger partial charge in [-0.15, -0.1) is 0 Å². The van der Waals surface area contributed by atoms with Crippen LogP contribution in [0.5, 0.6) is 0 Å². The molecule has 0 unspecified atom stereocenters. The van der Waals surface area contributed by atoms with Crippen LogP contribution < -0.4 is 10.2 Å². The molecule has 1 saturated heterocycles. The molecular weight excluding hydrogens is 326 g/mol. The molecule has 3 rings (SSSR count). The van der Waals surface area contributed by atoms with Crippen molar-refractivity contribution >= 4 is 17.5 Å². The lowest BCUT2D eigenvalue weighted by molar-refractivity contribution is -0.133. The van der Waals surface area contributed by atoms with Crippen molar-refractivity contribution in [2.24, 2.45) is 0 Å². The minimum Gasteiger partial charge on any atom is -0.368 e. The number of rotatable bonds is 5. The van der Waals surface area contributed by atoms with E-state index in [4.69, 9.17) is 0 Å². The molecule has 1 aliphatic heterocycles. The summed E-state index contributed by atoms with van der Waals surface area (Å²) in [5.41, 5.74) is 3.28. The number of aryl methyl sites for hydroxylation is 1. The van der Waals surface area contributed by atoms with E-state index in [1.807, 2.05) is 54.3 Å². The highest BCUT2D eigenvalue weighted by Crippen LogP contribution is 2.15. The fourth-order valence-electron chi connectivity index (χ4n) is 3.21. The highest BCUT2D eigenvalue weighted by molar-refractivity contribution is 5.85. The highest BCUT2D eigenvalue weighted by atomic mass is 16.2. The van der Waals surface area contributed by atoms with E-state index in [-0.39, 0.29) is 18.4 Å². The van der Waals surface area contributed by atoms with Gasteiger partial charge in [-0.3, -0.25) is 9.59 Å². The van der Waals surface area contributed by atoms with E-state index < -0.39 is 0 Å². The third-order valence-corrected chi connectivity index (χ3v) is 4.64. The Kier molecular flexibility index (Phi) is 5.89. The van der Waals surface area contributed by atoms with Crippen LogP contribution in [0.2, 0.25) is 0 Å². The monoisotopic (exact) mass is 351 g/mol. The summed E-state index contributed by atoms with van der Waals surface area (Å²) in [4.78, 5) is 28.5. The van der Waals surface area contributed by atoms with Crippen molar-refractivity contribution in [3.8, 4) is 0 Å². The van der Waals surface area contributed by atoms with Crippen LogP contribution in [0.4, 0.5) is 5.69 Å². The second-order valence-corrected chi connectivity index (χ2v) is 6.65. The first-order chi connectivity index (χ1) is 12.6. The number of anilines is 1. The third-order valence-electron chi connectivity index (χ3n) is 4.64. The standard InChI is InChI=1S/C21H25N3O2/c1-17-6-5-7-18(14-17)15-20(25)22-16-21(26)24-12-10-23(11-13-24)19-8-3-2-4-9-19/h2-9,14H,10-13,15-16H2,1H3,(H,22,25). The second kappa shape index (κ2) is 8.52. The van der Waals surface area contributed by atoms with Crippen molar-refractivity contribution < 1.29 is 9.59 Å². The molecule has 2 aromatic rings. The lowest BCUT2D eigenvalue weighted by atomic mass is 10.1. The topological polar surface area (TPSA) is 52.7 Å². The van der Waals surface area contributed by atoms with Crippen molar-refractivity contribution in [2.75, 3.05) is 37.6 Å². The SMILES string of the molecule is Cc1cccc(CC(=O)NCC(=O)N2CCN(c3ccccc3)CC2)c1. The lowest BCUT2D eigenvalue weighted by Crippen LogP contribution is -2.51. The Labute approximate surface area is 154 Å². The Balaban J connectivity index is 1.42. The van der Waals surface area contributed by atoms with E-state index in [2.05, 4.69) is 22.3 Å². The van der Waals surface area contributed by atoms with Crippen LogP contribution in [0, 0.1) is 6.92 Å². The molecule has 0 saturated carbocycles. The molecule has 2 amide bonds. The second-order valence-electron chi connectivity index (χ2n) is 6.65. The van der Waals surface area contributed by atoms with Crippen LogP contribution in [0.15, 0.2) is 54.6 Å². The van der Waals surface area contributed by atoms with Gasteiger partial charge in [0.2, 0.25) is 11.8 Å². The molecule has 0 radical (unpaired) electrons. The van der Waals surface area contributed by atoms with Gasteiger partial charge < -0.3 is 15.1 Å². The molecule has 5 heteroatoms. The van der Waals surface area contributed by atoms with Crippen LogP contribution in [-0.4, -0.2) is 49.4 Å². The molecule has 0 spiro atoms. The van der Waals surface area contributed by atoms with Gasteiger partial charge in [-0.2, -0.15) is 0 Å². The van der Waals surface area contributed by atoms with Crippen molar-refractivity contribution in [3.05, 3.63) is 65.7 Å². The van der Waals surface area contributed by atoms with E-state index in [0.717, 1.165) is 24.2 Å². The molecule has 1 fully saturated rings. The Morgan fingerprint density at radius 3 is 2.38 bits per heavy atom. The summed E-state index contributed by atoms with van der Waals surface area (Å²) < 4.78 is 0. The maximum atomic E-state index is 12.3. The summed E-state index contributed by atoms with van der Waals surface area (Å²) in [5.74, 6) is -0.137. The minimum atomic E-state index is -0.119. The van der Waals surface area contributed by atoms with Crippen LogP contribution in [0.3, 0.4) is 0 Å². The Hall–Kier alpha value is -2.82. The largest absolute Gasteiger partial charge is 0.368 e. The highest BCUT2D eigenvalue weighted by Gasteiger charge is 2.21. The number of para-hydroxylation sites is 1. The summed E-state index contributed by atoms with van der Waals surface area (Å²) in [6, 6.07) is 18.1. The quantitative estimate of drug-likeness (QED) is 0.896. The minimum absolute atomic E-state index is 0.0182. The zero-order valence-electron chi connectivity index (χ0n) is 15.1. The van der Waals surface area contributed by atoms with Gasteiger partial charge in [0.15, 0.2) is 0 Å². The van der Waals surface area contributed by atoms with Crippen molar-refractivity contribution in [1.29, 1.82) is 0 Å². The van der Waals surface area contributed by atoms with Crippen molar-refractivity contribution in [1.82, 2.24) is 10.2 Å². The van der Waals surface area contributed by atoms with Crippen LogP contribution in [0.1, 0.15) is 11.1 Å². The predicted octanol–water partition coefficient (Wildman–Crippen LogP) is 2.00. The number of benzene rings is 2. The summed E-state index contributed by atoms with van der Waals surface area (Å²) in [7, 11) is 0. The molecule has 0 bridgehead atoms. The molecule has 1 aliphatic rings. The van der Waals surface area contributed by atoms with Gasteiger partial charge in [-0.05, 0) is 24.6 Å². The normalized spacial score (nSPS) is 14.2. The van der Waals surface area contributed by atoms with Crippen LogP contribution in [0.25, 0.3) is 0 Å². The predicted molar refractivity (Wildman–Crippen MR) is 103 cm³/mol. The van der Waals surface area contributed by atoms with Gasteiger partial charge >= 0.3 is 0 Å². The molecule has 1 N–H and O–H groups in total. The summed E-state index contributed by atoms with van der Waals surface area (Å²) in [5, 5.41) is 2.75. The molecule has 2 aromatic carbocycles. The average Bonchev–Trinajstić information content (AvgIpc) is 2.67. The van der Waals surface area contributed by atoms with E-state index in [1.54, 1.807) is 0 Å². The molecule has 0 atom stereocenters. The zero-order chi connectivity index (χ0) is 18.4. The Morgan fingerprint density at radius 2 is 1.69 bits per heavy atom. The number of hydrogen-bond acceptors (Lipinski definition) is 3. The Morgan fingerprint density at radius 1 is 0.962 bits per heavy atom. The van der Waals surface area contributed by atoms with Crippen LogP contribution in [-0.2, 0) is 16.0 Å². The van der Waals surface area contributed by atoms with Gasteiger partial charge in [-0.1, -0.05) is 48.0 Å². The average molecular weight is 351 g/mol. The molecule has 1 heterocycles. The fourth-order valence-corrected chi connectivity index (χ4v) is 3.21. The third kappa shape index (κ3) is 4.85. The lowest BCUT2D eigenvalue weighted by Gasteiger charge is -2.36. The number of carbonyl (C=O) groups is 2. The molecule has 0 aromatic heterocycles. The van der Waals surface area contributed by atoms with Crippen LogP contribution >= 0.6 is 0 Å². The number of nitrogens with one attached hydrogen (secondary N) is 1. The first-order valence-electron chi connectivity index (χ1n) is 9.02. The smallest absolute Gasteiger partial charge is 0.242 e. The molecule has 0 aliphatic carbocycles. The number of carbonyl (C=O) groups excluding carboxylic acids is 2. The van der Waals surface area contributed by atoms with Crippen molar-refractivity contribution in [3.63, 3.8) is 0 Å². The van der Waals surface area contributed by atoms with Gasteiger partial charge in [0, 0.05) is 31.9 Å². The molecule has 136 valence electrons. The van der Waals surface area contributed by atoms with E-state index in [1.165, 1.54) is 5.69 Å². The van der Waals surface area contributed by atoms with E-state index in [0.29, 0.717) is 19.5 Å². The molecule has 26 heavy (non-hydrogen) atoms. The van der Waals surface area contributed by atoms with Gasteiger partial charge in [0.1, 0.15) is 0 Å². The van der Waals surface area contributed by atoms with Gasteiger partial charge in [0.05, 0.1) is 13.0 Å². The number of piperazine rings is 1. The summed E-state index contributed by atoms with van der Waals surface area (Å²) >= 11 is 0. The fraction of sp³-hybridized carbons (Fsp3) is 0.333. The zero-order valence-corrected chi connectivity index (χ0v) is 15.1. The first-order valence-corrected chi connectivity index (χ1v) is 9.02. The van der Waals surface area contributed by atoms with E-state index >= 15 is 0 Å². The number of amides is 2. The Bertz CT molecular complexity index is 753. The van der Waals surface area contributed by atoms with Gasteiger partial charge in [0.25, 0.3) is 0 Å². The summed E-state index contributed by atoms with van der Waals surface area (Å²) in [6.07, 6.45) is 0.302.